The van der Waals surface area contributed by atoms with Gasteiger partial charge in [0.05, 0.1) is 0 Å². The van der Waals surface area contributed by atoms with Crippen molar-refractivity contribution >= 4 is 0 Å². The van der Waals surface area contributed by atoms with Crippen LogP contribution in [0.3, 0.4) is 0 Å². The lowest BCUT2D eigenvalue weighted by Crippen LogP contribution is -2.49. The number of hydrogen-bond donors (Lipinski definition) is 2. The molecule has 0 aromatic heterocycles. The zero-order valence-electron chi connectivity index (χ0n) is 14.0. The lowest BCUT2D eigenvalue weighted by atomic mass is 9.63. The number of nitrogens with two attached hydrogens (primary N) is 1. The van der Waals surface area contributed by atoms with Gasteiger partial charge in [-0.25, -0.2) is 0 Å². The average Bonchev–Trinajstić information content (AvgIpc) is 2.56. The standard InChI is InChI=1S/C19H36N2/c1-2-14-6-5-9-17(12-14)19(21-20)18-11-10-15-7-3-4-8-16(15)13-18/h14-19,21H,2-13,20H2,1H3. The SMILES string of the molecule is CCC1CCCC(C(NN)C2CCC3CCCCC3C2)C1. The van der Waals surface area contributed by atoms with Gasteiger partial charge in [0.1, 0.15) is 0 Å². The highest BCUT2D eigenvalue weighted by atomic mass is 15.2. The van der Waals surface area contributed by atoms with E-state index in [0.717, 1.165) is 29.6 Å². The molecule has 0 spiro atoms. The van der Waals surface area contributed by atoms with Gasteiger partial charge in [-0.2, -0.15) is 0 Å². The Bertz CT molecular complexity index is 317. The normalized spacial score (nSPS) is 42.3. The van der Waals surface area contributed by atoms with Crippen molar-refractivity contribution in [3.8, 4) is 0 Å². The van der Waals surface area contributed by atoms with Gasteiger partial charge >= 0.3 is 0 Å². The van der Waals surface area contributed by atoms with Crippen LogP contribution in [0, 0.1) is 29.6 Å². The van der Waals surface area contributed by atoms with E-state index in [2.05, 4.69) is 12.3 Å². The highest BCUT2D eigenvalue weighted by Crippen LogP contribution is 2.46. The number of rotatable bonds is 4. The minimum absolute atomic E-state index is 0.599. The predicted octanol–water partition coefficient (Wildman–Crippen LogP) is 4.64. The molecule has 2 heteroatoms. The largest absolute Gasteiger partial charge is 0.271 e. The molecule has 3 N–H and O–H groups in total. The van der Waals surface area contributed by atoms with E-state index in [1.165, 1.54) is 77.0 Å². The van der Waals surface area contributed by atoms with Crippen molar-refractivity contribution in [1.82, 2.24) is 5.43 Å². The summed E-state index contributed by atoms with van der Waals surface area (Å²) in [6.07, 6.45) is 17.5. The van der Waals surface area contributed by atoms with E-state index < -0.39 is 0 Å². The molecule has 3 saturated carbocycles. The Labute approximate surface area is 131 Å². The predicted molar refractivity (Wildman–Crippen MR) is 89.6 cm³/mol. The maximum atomic E-state index is 6.04. The Hall–Kier alpha value is -0.0800. The molecule has 6 atom stereocenters. The van der Waals surface area contributed by atoms with Crippen molar-refractivity contribution < 1.29 is 0 Å². The molecule has 0 bridgehead atoms. The zero-order chi connectivity index (χ0) is 14.7. The second kappa shape index (κ2) is 7.46. The van der Waals surface area contributed by atoms with Crippen molar-refractivity contribution in [1.29, 1.82) is 0 Å². The molecule has 3 aliphatic rings. The van der Waals surface area contributed by atoms with Crippen molar-refractivity contribution in [3.05, 3.63) is 0 Å². The molecular formula is C19H36N2. The molecular weight excluding hydrogens is 256 g/mol. The second-order valence-electron chi connectivity index (χ2n) is 8.27. The van der Waals surface area contributed by atoms with Crippen LogP contribution < -0.4 is 11.3 Å². The molecule has 0 aromatic carbocycles. The molecule has 0 radical (unpaired) electrons. The van der Waals surface area contributed by atoms with Crippen LogP contribution in [0.1, 0.15) is 84.0 Å². The fourth-order valence-corrected chi connectivity index (χ4v) is 5.92. The number of hydrazine groups is 1. The van der Waals surface area contributed by atoms with E-state index in [9.17, 15) is 0 Å². The van der Waals surface area contributed by atoms with Crippen LogP contribution in [0.5, 0.6) is 0 Å². The van der Waals surface area contributed by atoms with E-state index in [0.29, 0.717) is 6.04 Å². The fraction of sp³-hybridized carbons (Fsp3) is 1.00. The van der Waals surface area contributed by atoms with E-state index in [1.54, 1.807) is 0 Å². The van der Waals surface area contributed by atoms with Crippen molar-refractivity contribution in [2.75, 3.05) is 0 Å². The summed E-state index contributed by atoms with van der Waals surface area (Å²) in [4.78, 5) is 0. The summed E-state index contributed by atoms with van der Waals surface area (Å²) in [6.45, 7) is 2.37. The lowest BCUT2D eigenvalue weighted by molar-refractivity contribution is 0.0775. The van der Waals surface area contributed by atoms with Gasteiger partial charge in [-0.1, -0.05) is 51.9 Å². The van der Waals surface area contributed by atoms with Gasteiger partial charge in [-0.05, 0) is 61.7 Å². The molecule has 3 rings (SSSR count). The summed E-state index contributed by atoms with van der Waals surface area (Å²) in [5.41, 5.74) is 3.28. The Morgan fingerprint density at radius 3 is 2.38 bits per heavy atom. The smallest absolute Gasteiger partial charge is 0.0267 e. The molecule has 0 amide bonds. The van der Waals surface area contributed by atoms with Crippen LogP contribution in [0.25, 0.3) is 0 Å². The van der Waals surface area contributed by atoms with Crippen LogP contribution in [0.4, 0.5) is 0 Å². The van der Waals surface area contributed by atoms with Gasteiger partial charge in [0.15, 0.2) is 0 Å². The van der Waals surface area contributed by atoms with Crippen LogP contribution in [-0.2, 0) is 0 Å². The van der Waals surface area contributed by atoms with Gasteiger partial charge in [-0.15, -0.1) is 0 Å². The third-order valence-electron chi connectivity index (χ3n) is 7.19. The van der Waals surface area contributed by atoms with Gasteiger partial charge in [0.2, 0.25) is 0 Å². The summed E-state index contributed by atoms with van der Waals surface area (Å²) in [5.74, 6) is 10.8. The van der Waals surface area contributed by atoms with Gasteiger partial charge in [0, 0.05) is 6.04 Å². The monoisotopic (exact) mass is 292 g/mol. The van der Waals surface area contributed by atoms with Crippen LogP contribution >= 0.6 is 0 Å². The van der Waals surface area contributed by atoms with Crippen molar-refractivity contribution in [2.24, 2.45) is 35.4 Å². The number of fused-ring (bicyclic) bond motifs is 1. The summed E-state index contributed by atoms with van der Waals surface area (Å²) in [6, 6.07) is 0.599. The first kappa shape index (κ1) is 15.8. The highest BCUT2D eigenvalue weighted by molar-refractivity contribution is 4.91. The second-order valence-corrected chi connectivity index (χ2v) is 8.27. The molecule has 3 aliphatic carbocycles. The molecule has 0 aliphatic heterocycles. The molecule has 21 heavy (non-hydrogen) atoms. The first-order chi connectivity index (χ1) is 10.3. The third-order valence-corrected chi connectivity index (χ3v) is 7.19. The summed E-state index contributed by atoms with van der Waals surface area (Å²) < 4.78 is 0. The van der Waals surface area contributed by atoms with Gasteiger partial charge < -0.3 is 0 Å². The van der Waals surface area contributed by atoms with Gasteiger partial charge in [-0.3, -0.25) is 11.3 Å². The van der Waals surface area contributed by atoms with Crippen molar-refractivity contribution in [3.63, 3.8) is 0 Å². The van der Waals surface area contributed by atoms with E-state index in [-0.39, 0.29) is 0 Å². The average molecular weight is 293 g/mol. The maximum absolute atomic E-state index is 6.04. The molecule has 2 nitrogen and oxygen atoms in total. The zero-order valence-corrected chi connectivity index (χ0v) is 14.0. The van der Waals surface area contributed by atoms with Crippen LogP contribution in [-0.4, -0.2) is 6.04 Å². The summed E-state index contributed by atoms with van der Waals surface area (Å²) in [7, 11) is 0. The van der Waals surface area contributed by atoms with Gasteiger partial charge in [0.25, 0.3) is 0 Å². The van der Waals surface area contributed by atoms with E-state index in [1.807, 2.05) is 0 Å². The molecule has 0 aromatic rings. The lowest BCUT2D eigenvalue weighted by Gasteiger charge is -2.45. The third kappa shape index (κ3) is 3.64. The minimum Gasteiger partial charge on any atom is -0.271 e. The van der Waals surface area contributed by atoms with E-state index in [4.69, 9.17) is 5.84 Å². The molecule has 3 fully saturated rings. The minimum atomic E-state index is 0.599. The molecule has 6 unspecified atom stereocenters. The fourth-order valence-electron chi connectivity index (χ4n) is 5.92. The summed E-state index contributed by atoms with van der Waals surface area (Å²) in [5, 5.41) is 0. The first-order valence-corrected chi connectivity index (χ1v) is 9.78. The Morgan fingerprint density at radius 1 is 0.857 bits per heavy atom. The van der Waals surface area contributed by atoms with E-state index >= 15 is 0 Å². The molecule has 0 saturated heterocycles. The topological polar surface area (TPSA) is 38.0 Å². The number of nitrogens with one attached hydrogen (secondary N) is 1. The molecule has 0 heterocycles. The molecule has 122 valence electrons. The quantitative estimate of drug-likeness (QED) is 0.585. The maximum Gasteiger partial charge on any atom is 0.0267 e. The van der Waals surface area contributed by atoms with Crippen LogP contribution in [0.2, 0.25) is 0 Å². The Kier molecular flexibility index (Phi) is 5.61. The first-order valence-electron chi connectivity index (χ1n) is 9.78. The Morgan fingerprint density at radius 2 is 1.62 bits per heavy atom. The van der Waals surface area contributed by atoms with Crippen LogP contribution in [0.15, 0.2) is 0 Å². The number of hydrogen-bond acceptors (Lipinski definition) is 2. The highest BCUT2D eigenvalue weighted by Gasteiger charge is 2.38. The summed E-state index contributed by atoms with van der Waals surface area (Å²) >= 11 is 0. The van der Waals surface area contributed by atoms with Crippen molar-refractivity contribution in [2.45, 2.75) is 90.0 Å². The Balaban J connectivity index is 1.60.